The van der Waals surface area contributed by atoms with Gasteiger partial charge in [-0.2, -0.15) is 0 Å². The molecule has 0 N–H and O–H groups in total. The first-order valence-electron chi connectivity index (χ1n) is 7.34. The number of Topliss-reactive ketones (excluding diaryl/α,β-unsaturated/α-hetero) is 1. The van der Waals surface area contributed by atoms with Crippen LogP contribution in [0.2, 0.25) is 0 Å². The van der Waals surface area contributed by atoms with Crippen molar-refractivity contribution >= 4 is 5.78 Å². The van der Waals surface area contributed by atoms with E-state index in [2.05, 4.69) is 25.7 Å². The molecule has 3 unspecified atom stereocenters. The highest BCUT2D eigenvalue weighted by atomic mass is 16.1. The molecule has 1 heterocycles. The lowest BCUT2D eigenvalue weighted by Gasteiger charge is -2.34. The van der Waals surface area contributed by atoms with Gasteiger partial charge in [-0.25, -0.2) is 0 Å². The van der Waals surface area contributed by atoms with Gasteiger partial charge in [-0.05, 0) is 51.0 Å². The summed E-state index contributed by atoms with van der Waals surface area (Å²) in [6, 6.07) is 0.697. The molecule has 0 aromatic carbocycles. The van der Waals surface area contributed by atoms with Crippen LogP contribution in [-0.4, -0.2) is 29.8 Å². The van der Waals surface area contributed by atoms with Gasteiger partial charge in [0.05, 0.1) is 0 Å². The average molecular weight is 237 g/mol. The molecule has 2 heteroatoms. The Bertz CT molecular complexity index is 274. The first-order chi connectivity index (χ1) is 8.08. The molecule has 2 nitrogen and oxygen atoms in total. The molecule has 1 aliphatic carbocycles. The Kier molecular flexibility index (Phi) is 4.24. The summed E-state index contributed by atoms with van der Waals surface area (Å²) in [6.07, 6.45) is 5.72. The van der Waals surface area contributed by atoms with Gasteiger partial charge < -0.3 is 0 Å². The quantitative estimate of drug-likeness (QED) is 0.751. The first kappa shape index (κ1) is 13.1. The SMILES string of the molecule is CC(C)C1CCC(=O)C(CN2CCCC2C)C1. The van der Waals surface area contributed by atoms with E-state index in [1.807, 2.05) is 0 Å². The zero-order chi connectivity index (χ0) is 12.4. The maximum atomic E-state index is 12.0. The van der Waals surface area contributed by atoms with Gasteiger partial charge >= 0.3 is 0 Å². The summed E-state index contributed by atoms with van der Waals surface area (Å²) in [5.74, 6) is 2.37. The third-order valence-corrected chi connectivity index (χ3v) is 4.89. The van der Waals surface area contributed by atoms with Crippen LogP contribution in [0.25, 0.3) is 0 Å². The summed E-state index contributed by atoms with van der Waals surface area (Å²) in [5, 5.41) is 0. The minimum Gasteiger partial charge on any atom is -0.300 e. The van der Waals surface area contributed by atoms with Gasteiger partial charge in [0.25, 0.3) is 0 Å². The topological polar surface area (TPSA) is 20.3 Å². The third kappa shape index (κ3) is 3.09. The van der Waals surface area contributed by atoms with Crippen LogP contribution in [0.15, 0.2) is 0 Å². The second-order valence-electron chi connectivity index (χ2n) is 6.43. The Balaban J connectivity index is 1.91. The zero-order valence-electron chi connectivity index (χ0n) is 11.6. The summed E-state index contributed by atoms with van der Waals surface area (Å²) in [5.41, 5.74) is 0. The van der Waals surface area contributed by atoms with E-state index in [1.54, 1.807) is 0 Å². The Hall–Kier alpha value is -0.370. The normalized spacial score (nSPS) is 35.8. The maximum Gasteiger partial charge on any atom is 0.137 e. The highest BCUT2D eigenvalue weighted by molar-refractivity contribution is 5.82. The molecule has 1 saturated carbocycles. The predicted octanol–water partition coefficient (Wildman–Crippen LogP) is 3.11. The van der Waals surface area contributed by atoms with Crippen LogP contribution in [0.1, 0.15) is 52.9 Å². The number of carbonyl (C=O) groups excluding carboxylic acids is 1. The van der Waals surface area contributed by atoms with E-state index >= 15 is 0 Å². The van der Waals surface area contributed by atoms with E-state index in [-0.39, 0.29) is 0 Å². The highest BCUT2D eigenvalue weighted by Gasteiger charge is 2.33. The van der Waals surface area contributed by atoms with E-state index in [4.69, 9.17) is 0 Å². The van der Waals surface area contributed by atoms with Crippen LogP contribution in [0.3, 0.4) is 0 Å². The highest BCUT2D eigenvalue weighted by Crippen LogP contribution is 2.33. The molecule has 0 aromatic heterocycles. The van der Waals surface area contributed by atoms with E-state index in [0.29, 0.717) is 17.7 Å². The van der Waals surface area contributed by atoms with Gasteiger partial charge in [0.15, 0.2) is 0 Å². The monoisotopic (exact) mass is 237 g/mol. The van der Waals surface area contributed by atoms with Crippen LogP contribution in [0.5, 0.6) is 0 Å². The smallest absolute Gasteiger partial charge is 0.137 e. The molecule has 0 spiro atoms. The molecular formula is C15H27NO. The number of likely N-dealkylation sites (tertiary alicyclic amines) is 1. The molecule has 1 saturated heterocycles. The number of carbonyl (C=O) groups is 1. The largest absolute Gasteiger partial charge is 0.300 e. The van der Waals surface area contributed by atoms with Gasteiger partial charge in [-0.1, -0.05) is 13.8 Å². The summed E-state index contributed by atoms with van der Waals surface area (Å²) in [4.78, 5) is 14.6. The van der Waals surface area contributed by atoms with Crippen molar-refractivity contribution in [2.24, 2.45) is 17.8 Å². The lowest BCUT2D eigenvalue weighted by atomic mass is 9.75. The van der Waals surface area contributed by atoms with Gasteiger partial charge in [0, 0.05) is 24.9 Å². The van der Waals surface area contributed by atoms with Gasteiger partial charge in [-0.3, -0.25) is 9.69 Å². The molecule has 0 bridgehead atoms. The van der Waals surface area contributed by atoms with Crippen molar-refractivity contribution < 1.29 is 4.79 Å². The molecule has 2 aliphatic rings. The van der Waals surface area contributed by atoms with Crippen LogP contribution < -0.4 is 0 Å². The molecule has 3 atom stereocenters. The molecule has 2 fully saturated rings. The Morgan fingerprint density at radius 3 is 2.71 bits per heavy atom. The summed E-state index contributed by atoms with van der Waals surface area (Å²) < 4.78 is 0. The van der Waals surface area contributed by atoms with Gasteiger partial charge in [-0.15, -0.1) is 0 Å². The molecule has 2 rings (SSSR count). The van der Waals surface area contributed by atoms with Crippen molar-refractivity contribution in [1.29, 1.82) is 0 Å². The van der Waals surface area contributed by atoms with Crippen LogP contribution in [-0.2, 0) is 4.79 Å². The second-order valence-corrected chi connectivity index (χ2v) is 6.43. The number of rotatable bonds is 3. The fraction of sp³-hybridized carbons (Fsp3) is 0.933. The lowest BCUT2D eigenvalue weighted by Crippen LogP contribution is -2.38. The first-order valence-corrected chi connectivity index (χ1v) is 7.34. The van der Waals surface area contributed by atoms with E-state index in [0.717, 1.165) is 37.6 Å². The number of hydrogen-bond donors (Lipinski definition) is 0. The predicted molar refractivity (Wildman–Crippen MR) is 70.9 cm³/mol. The minimum atomic E-state index is 0.330. The lowest BCUT2D eigenvalue weighted by molar-refractivity contribution is -0.126. The molecular weight excluding hydrogens is 210 g/mol. The van der Waals surface area contributed by atoms with Crippen molar-refractivity contribution in [3.8, 4) is 0 Å². The van der Waals surface area contributed by atoms with Crippen molar-refractivity contribution in [2.45, 2.75) is 58.9 Å². The van der Waals surface area contributed by atoms with E-state index in [9.17, 15) is 4.79 Å². The van der Waals surface area contributed by atoms with Crippen molar-refractivity contribution in [3.05, 3.63) is 0 Å². The Morgan fingerprint density at radius 2 is 2.12 bits per heavy atom. The fourth-order valence-corrected chi connectivity index (χ4v) is 3.48. The summed E-state index contributed by atoms with van der Waals surface area (Å²) in [7, 11) is 0. The van der Waals surface area contributed by atoms with E-state index in [1.165, 1.54) is 19.4 Å². The molecule has 98 valence electrons. The summed E-state index contributed by atoms with van der Waals surface area (Å²) >= 11 is 0. The molecule has 0 aromatic rings. The maximum absolute atomic E-state index is 12.0. The zero-order valence-corrected chi connectivity index (χ0v) is 11.6. The van der Waals surface area contributed by atoms with Crippen molar-refractivity contribution in [2.75, 3.05) is 13.1 Å². The molecule has 0 amide bonds. The molecule has 1 aliphatic heterocycles. The number of nitrogens with zero attached hydrogens (tertiary/aromatic N) is 1. The number of hydrogen-bond acceptors (Lipinski definition) is 2. The average Bonchev–Trinajstić information content (AvgIpc) is 2.67. The third-order valence-electron chi connectivity index (χ3n) is 4.89. The fourth-order valence-electron chi connectivity index (χ4n) is 3.48. The minimum absolute atomic E-state index is 0.330. The summed E-state index contributed by atoms with van der Waals surface area (Å²) in [6.45, 7) is 9.15. The molecule has 0 radical (unpaired) electrons. The van der Waals surface area contributed by atoms with Crippen LogP contribution in [0.4, 0.5) is 0 Å². The van der Waals surface area contributed by atoms with Gasteiger partial charge in [0.1, 0.15) is 5.78 Å². The van der Waals surface area contributed by atoms with Crippen molar-refractivity contribution in [1.82, 2.24) is 4.90 Å². The molecule has 17 heavy (non-hydrogen) atoms. The van der Waals surface area contributed by atoms with Crippen molar-refractivity contribution in [3.63, 3.8) is 0 Å². The Labute approximate surface area is 106 Å². The van der Waals surface area contributed by atoms with Gasteiger partial charge in [0.2, 0.25) is 0 Å². The second kappa shape index (κ2) is 5.51. The Morgan fingerprint density at radius 1 is 1.35 bits per heavy atom. The standard InChI is InChI=1S/C15H27NO/c1-11(2)13-6-7-15(17)14(9-13)10-16-8-4-5-12(16)3/h11-14H,4-10H2,1-3H3. The van der Waals surface area contributed by atoms with Crippen LogP contribution in [0, 0.1) is 17.8 Å². The number of ketones is 1. The van der Waals surface area contributed by atoms with E-state index < -0.39 is 0 Å². The van der Waals surface area contributed by atoms with Crippen LogP contribution >= 0.6 is 0 Å².